The van der Waals surface area contributed by atoms with E-state index in [0.29, 0.717) is 13.0 Å². The van der Waals surface area contributed by atoms with Crippen LogP contribution in [0.15, 0.2) is 34.3 Å². The van der Waals surface area contributed by atoms with Crippen molar-refractivity contribution in [3.8, 4) is 0 Å². The normalized spacial score (nSPS) is 21.9. The Morgan fingerprint density at radius 2 is 2.25 bits per heavy atom. The highest BCUT2D eigenvalue weighted by Gasteiger charge is 2.31. The average Bonchev–Trinajstić information content (AvgIpc) is 2.46. The van der Waals surface area contributed by atoms with E-state index in [4.69, 9.17) is 10.9 Å². The molecular weight excluding hydrogens is 278 g/mol. The number of hydrogen-bond acceptors (Lipinski definition) is 4. The quantitative estimate of drug-likeness (QED) is 0.378. The lowest BCUT2D eigenvalue weighted by molar-refractivity contribution is 0.287. The number of hydrogen-bond donors (Lipinski definition) is 2. The van der Waals surface area contributed by atoms with Crippen molar-refractivity contribution >= 4 is 15.9 Å². The van der Waals surface area contributed by atoms with Crippen molar-refractivity contribution in [1.29, 1.82) is 0 Å². The zero-order valence-electron chi connectivity index (χ0n) is 11.4. The van der Waals surface area contributed by atoms with Crippen molar-refractivity contribution in [2.24, 2.45) is 16.8 Å². The van der Waals surface area contributed by atoms with E-state index in [1.807, 2.05) is 13.0 Å². The molecule has 1 aliphatic heterocycles. The molecule has 1 unspecified atom stereocenters. The number of nitrogens with zero attached hydrogens (tertiary/aromatic N) is 2. The number of rotatable bonds is 3. The van der Waals surface area contributed by atoms with Crippen LogP contribution in [0.1, 0.15) is 18.4 Å². The van der Waals surface area contributed by atoms with E-state index < -0.39 is 10.0 Å². The van der Waals surface area contributed by atoms with Crippen LogP contribution < -0.4 is 5.73 Å². The maximum Gasteiger partial charge on any atom is 0.243 e. The predicted molar refractivity (Wildman–Crippen MR) is 76.1 cm³/mol. The zero-order valence-corrected chi connectivity index (χ0v) is 12.2. The number of aryl methyl sites for hydroxylation is 1. The summed E-state index contributed by atoms with van der Waals surface area (Å²) in [5.74, 6) is -0.137. The molecule has 0 aromatic heterocycles. The number of benzene rings is 1. The van der Waals surface area contributed by atoms with Gasteiger partial charge in [0, 0.05) is 19.0 Å². The molecule has 1 heterocycles. The molecule has 20 heavy (non-hydrogen) atoms. The van der Waals surface area contributed by atoms with E-state index in [-0.39, 0.29) is 23.2 Å². The molecule has 0 radical (unpaired) electrons. The molecule has 1 aromatic rings. The third kappa shape index (κ3) is 2.94. The van der Waals surface area contributed by atoms with Crippen molar-refractivity contribution in [1.82, 2.24) is 4.31 Å². The van der Waals surface area contributed by atoms with E-state index in [2.05, 4.69) is 5.16 Å². The van der Waals surface area contributed by atoms with Crippen molar-refractivity contribution < 1.29 is 13.6 Å². The summed E-state index contributed by atoms with van der Waals surface area (Å²) in [6.45, 7) is 2.58. The molecule has 1 saturated heterocycles. The van der Waals surface area contributed by atoms with Crippen LogP contribution in [0.25, 0.3) is 0 Å². The fourth-order valence-electron chi connectivity index (χ4n) is 2.41. The average molecular weight is 297 g/mol. The van der Waals surface area contributed by atoms with Gasteiger partial charge in [-0.1, -0.05) is 17.3 Å². The first-order valence-electron chi connectivity index (χ1n) is 6.49. The highest BCUT2D eigenvalue weighted by Crippen LogP contribution is 2.24. The number of nitrogens with two attached hydrogens (primary N) is 1. The van der Waals surface area contributed by atoms with Gasteiger partial charge in [0.05, 0.1) is 4.90 Å². The predicted octanol–water partition coefficient (Wildman–Crippen LogP) is 1.14. The van der Waals surface area contributed by atoms with Crippen molar-refractivity contribution in [2.45, 2.75) is 24.7 Å². The van der Waals surface area contributed by atoms with Crippen LogP contribution in [-0.4, -0.2) is 36.9 Å². The summed E-state index contributed by atoms with van der Waals surface area (Å²) >= 11 is 0. The molecule has 1 aliphatic rings. The third-order valence-electron chi connectivity index (χ3n) is 3.55. The maximum atomic E-state index is 12.6. The molecule has 3 N–H and O–H groups in total. The Morgan fingerprint density at radius 3 is 2.90 bits per heavy atom. The number of sulfonamides is 1. The Bertz CT molecular complexity index is 613. The molecular formula is C13H19N3O3S. The SMILES string of the molecule is Cc1cccc(S(=O)(=O)N2CCCC(C(N)=NO)C2)c1. The molecule has 0 amide bonds. The van der Waals surface area contributed by atoms with Gasteiger partial charge in [-0.2, -0.15) is 4.31 Å². The van der Waals surface area contributed by atoms with Crippen molar-refractivity contribution in [3.05, 3.63) is 29.8 Å². The largest absolute Gasteiger partial charge is 0.409 e. The molecule has 0 aliphatic carbocycles. The van der Waals surface area contributed by atoms with Crippen molar-refractivity contribution in [2.75, 3.05) is 13.1 Å². The van der Waals surface area contributed by atoms with Gasteiger partial charge in [-0.3, -0.25) is 0 Å². The van der Waals surface area contributed by atoms with Gasteiger partial charge < -0.3 is 10.9 Å². The molecule has 7 heteroatoms. The summed E-state index contributed by atoms with van der Waals surface area (Å²) in [5, 5.41) is 11.7. The molecule has 1 fully saturated rings. The molecule has 110 valence electrons. The fourth-order valence-corrected chi connectivity index (χ4v) is 4.04. The lowest BCUT2D eigenvalue weighted by atomic mass is 9.99. The molecule has 0 saturated carbocycles. The minimum atomic E-state index is -3.52. The lowest BCUT2D eigenvalue weighted by Crippen LogP contribution is -2.44. The summed E-state index contributed by atoms with van der Waals surface area (Å²) in [7, 11) is -3.52. The second-order valence-electron chi connectivity index (χ2n) is 5.04. The van der Waals surface area contributed by atoms with Gasteiger partial charge in [0.2, 0.25) is 10.0 Å². The second-order valence-corrected chi connectivity index (χ2v) is 6.98. The van der Waals surface area contributed by atoms with E-state index in [1.165, 1.54) is 4.31 Å². The van der Waals surface area contributed by atoms with Crippen LogP contribution in [-0.2, 0) is 10.0 Å². The Kier molecular flexibility index (Phi) is 4.29. The molecule has 1 aromatic carbocycles. The van der Waals surface area contributed by atoms with Crippen LogP contribution in [0.2, 0.25) is 0 Å². The maximum absolute atomic E-state index is 12.6. The van der Waals surface area contributed by atoms with Crippen LogP contribution >= 0.6 is 0 Å². The molecule has 0 bridgehead atoms. The van der Waals surface area contributed by atoms with Gasteiger partial charge in [0.1, 0.15) is 5.84 Å². The fraction of sp³-hybridized carbons (Fsp3) is 0.462. The number of piperidine rings is 1. The molecule has 1 atom stereocenters. The smallest absolute Gasteiger partial charge is 0.243 e. The van der Waals surface area contributed by atoms with E-state index in [9.17, 15) is 8.42 Å². The van der Waals surface area contributed by atoms with E-state index >= 15 is 0 Å². The lowest BCUT2D eigenvalue weighted by Gasteiger charge is -2.31. The summed E-state index contributed by atoms with van der Waals surface area (Å²) < 4.78 is 26.6. The first-order chi connectivity index (χ1) is 9.45. The Hall–Kier alpha value is -1.60. The van der Waals surface area contributed by atoms with Crippen LogP contribution in [0, 0.1) is 12.8 Å². The Balaban J connectivity index is 2.26. The highest BCUT2D eigenvalue weighted by atomic mass is 32.2. The van der Waals surface area contributed by atoms with Crippen molar-refractivity contribution in [3.63, 3.8) is 0 Å². The van der Waals surface area contributed by atoms with Gasteiger partial charge in [-0.05, 0) is 37.5 Å². The van der Waals surface area contributed by atoms with E-state index in [1.54, 1.807) is 18.2 Å². The standard InChI is InChI=1S/C13H19N3O3S/c1-10-4-2-6-12(8-10)20(18,19)16-7-3-5-11(9-16)13(14)15-17/h2,4,6,8,11,17H,3,5,7,9H2,1H3,(H2,14,15). The van der Waals surface area contributed by atoms with Crippen LogP contribution in [0.5, 0.6) is 0 Å². The minimum Gasteiger partial charge on any atom is -0.409 e. The van der Waals surface area contributed by atoms with E-state index in [0.717, 1.165) is 12.0 Å². The number of amidine groups is 1. The van der Waals surface area contributed by atoms with Crippen LogP contribution in [0.3, 0.4) is 0 Å². The highest BCUT2D eigenvalue weighted by molar-refractivity contribution is 7.89. The molecule has 0 spiro atoms. The Labute approximate surface area is 118 Å². The Morgan fingerprint density at radius 1 is 1.50 bits per heavy atom. The minimum absolute atomic E-state index is 0.0918. The monoisotopic (exact) mass is 297 g/mol. The zero-order chi connectivity index (χ0) is 14.8. The summed E-state index contributed by atoms with van der Waals surface area (Å²) in [4.78, 5) is 0.289. The molecule has 6 nitrogen and oxygen atoms in total. The molecule has 2 rings (SSSR count). The number of oxime groups is 1. The van der Waals surface area contributed by atoms with Gasteiger partial charge >= 0.3 is 0 Å². The van der Waals surface area contributed by atoms with Gasteiger partial charge in [0.15, 0.2) is 0 Å². The summed E-state index contributed by atoms with van der Waals surface area (Å²) in [6.07, 6.45) is 1.43. The first kappa shape index (κ1) is 14.8. The third-order valence-corrected chi connectivity index (χ3v) is 5.41. The van der Waals surface area contributed by atoms with Gasteiger partial charge in [-0.15, -0.1) is 0 Å². The summed E-state index contributed by atoms with van der Waals surface area (Å²) in [5.41, 5.74) is 6.49. The van der Waals surface area contributed by atoms with Gasteiger partial charge in [-0.25, -0.2) is 8.42 Å². The topological polar surface area (TPSA) is 96.0 Å². The van der Waals surface area contributed by atoms with Gasteiger partial charge in [0.25, 0.3) is 0 Å². The second kappa shape index (κ2) is 5.80. The summed E-state index contributed by atoms with van der Waals surface area (Å²) in [6, 6.07) is 6.83. The first-order valence-corrected chi connectivity index (χ1v) is 7.93. The van der Waals surface area contributed by atoms with Crippen LogP contribution in [0.4, 0.5) is 0 Å².